The van der Waals surface area contributed by atoms with E-state index in [0.29, 0.717) is 5.82 Å². The molecule has 0 spiro atoms. The average Bonchev–Trinajstić information content (AvgIpc) is 2.31. The summed E-state index contributed by atoms with van der Waals surface area (Å²) in [5.41, 5.74) is -0.0909. The van der Waals surface area contributed by atoms with Gasteiger partial charge in [0.2, 0.25) is 0 Å². The molecule has 0 aliphatic carbocycles. The summed E-state index contributed by atoms with van der Waals surface area (Å²) in [6.45, 7) is 1.99. The number of rotatable bonds is 6. The van der Waals surface area contributed by atoms with E-state index in [2.05, 4.69) is 15.5 Å². The summed E-state index contributed by atoms with van der Waals surface area (Å²) < 4.78 is 0. The third-order valence-corrected chi connectivity index (χ3v) is 3.46. The molecule has 0 aliphatic heterocycles. The van der Waals surface area contributed by atoms with Crippen molar-refractivity contribution in [3.05, 3.63) is 17.8 Å². The molecule has 2 unspecified atom stereocenters. The molecule has 1 aromatic heterocycles. The van der Waals surface area contributed by atoms with E-state index in [1.807, 2.05) is 13.2 Å². The predicted molar refractivity (Wildman–Crippen MR) is 66.5 cm³/mol. The summed E-state index contributed by atoms with van der Waals surface area (Å²) >= 11 is 1.55. The summed E-state index contributed by atoms with van der Waals surface area (Å²) in [5.74, 6) is -0.607. The zero-order valence-electron chi connectivity index (χ0n) is 9.62. The maximum absolute atomic E-state index is 10.6. The Balaban J connectivity index is 2.65. The second kappa shape index (κ2) is 6.41. The number of aromatic carboxylic acids is 1. The van der Waals surface area contributed by atoms with Gasteiger partial charge in [-0.05, 0) is 25.3 Å². The standard InChI is InChI=1S/C10H15N3O3S/c1-6(8(5-14)17-2)11-9-4-3-7(10(15)16)12-13-9/h3-4,6,8,14H,5H2,1-2H3,(H,11,13)(H,15,16). The van der Waals surface area contributed by atoms with Gasteiger partial charge in [-0.3, -0.25) is 0 Å². The van der Waals surface area contributed by atoms with E-state index >= 15 is 0 Å². The molecule has 17 heavy (non-hydrogen) atoms. The van der Waals surface area contributed by atoms with Crippen LogP contribution in [0.5, 0.6) is 0 Å². The molecule has 1 heterocycles. The van der Waals surface area contributed by atoms with Crippen molar-refractivity contribution in [3.8, 4) is 0 Å². The predicted octanol–water partition coefficient (Wildman–Crippen LogP) is 0.699. The van der Waals surface area contributed by atoms with E-state index in [1.54, 1.807) is 17.8 Å². The lowest BCUT2D eigenvalue weighted by atomic mass is 10.2. The van der Waals surface area contributed by atoms with Gasteiger partial charge in [0.1, 0.15) is 5.82 Å². The number of aliphatic hydroxyl groups excluding tert-OH is 1. The Morgan fingerprint density at radius 3 is 2.65 bits per heavy atom. The third kappa shape index (κ3) is 3.86. The molecule has 0 saturated heterocycles. The molecule has 0 amide bonds. The number of carbonyl (C=O) groups is 1. The number of carboxylic acid groups (broad SMARTS) is 1. The number of nitrogens with zero attached hydrogens (tertiary/aromatic N) is 2. The SMILES string of the molecule is CSC(CO)C(C)Nc1ccc(C(=O)O)nn1. The molecule has 3 N–H and O–H groups in total. The van der Waals surface area contributed by atoms with Gasteiger partial charge < -0.3 is 15.5 Å². The fourth-order valence-electron chi connectivity index (χ4n) is 1.29. The summed E-state index contributed by atoms with van der Waals surface area (Å²) in [7, 11) is 0. The van der Waals surface area contributed by atoms with Crippen LogP contribution in [-0.2, 0) is 0 Å². The van der Waals surface area contributed by atoms with E-state index in [1.165, 1.54) is 6.07 Å². The summed E-state index contributed by atoms with van der Waals surface area (Å²) in [4.78, 5) is 10.6. The van der Waals surface area contributed by atoms with Crippen LogP contribution in [-0.4, -0.2) is 50.5 Å². The second-order valence-corrected chi connectivity index (χ2v) is 4.58. The zero-order valence-corrected chi connectivity index (χ0v) is 10.4. The number of carboxylic acids is 1. The van der Waals surface area contributed by atoms with Gasteiger partial charge in [-0.2, -0.15) is 11.8 Å². The Hall–Kier alpha value is -1.34. The topological polar surface area (TPSA) is 95.3 Å². The van der Waals surface area contributed by atoms with Crippen LogP contribution < -0.4 is 5.32 Å². The molecule has 1 aromatic rings. The van der Waals surface area contributed by atoms with Crippen LogP contribution in [0.2, 0.25) is 0 Å². The minimum Gasteiger partial charge on any atom is -0.476 e. The van der Waals surface area contributed by atoms with Gasteiger partial charge in [-0.25, -0.2) is 4.79 Å². The van der Waals surface area contributed by atoms with Crippen LogP contribution in [0, 0.1) is 0 Å². The lowest BCUT2D eigenvalue weighted by Crippen LogP contribution is -2.31. The summed E-state index contributed by atoms with van der Waals surface area (Å²) in [6, 6.07) is 2.96. The molecule has 2 atom stereocenters. The first-order chi connectivity index (χ1) is 8.08. The molecule has 0 aromatic carbocycles. The largest absolute Gasteiger partial charge is 0.476 e. The van der Waals surface area contributed by atoms with Gasteiger partial charge >= 0.3 is 5.97 Å². The van der Waals surface area contributed by atoms with Crippen LogP contribution >= 0.6 is 11.8 Å². The van der Waals surface area contributed by atoms with E-state index < -0.39 is 5.97 Å². The van der Waals surface area contributed by atoms with Crippen molar-refractivity contribution in [3.63, 3.8) is 0 Å². The monoisotopic (exact) mass is 257 g/mol. The Morgan fingerprint density at radius 2 is 2.24 bits per heavy atom. The third-order valence-electron chi connectivity index (χ3n) is 2.30. The Morgan fingerprint density at radius 1 is 1.53 bits per heavy atom. The van der Waals surface area contributed by atoms with E-state index in [-0.39, 0.29) is 23.6 Å². The smallest absolute Gasteiger partial charge is 0.356 e. The molecular weight excluding hydrogens is 242 g/mol. The molecule has 0 bridgehead atoms. The van der Waals surface area contributed by atoms with E-state index in [9.17, 15) is 4.79 Å². The van der Waals surface area contributed by atoms with E-state index in [4.69, 9.17) is 10.2 Å². The van der Waals surface area contributed by atoms with Crippen molar-refractivity contribution in [2.75, 3.05) is 18.2 Å². The molecule has 6 nitrogen and oxygen atoms in total. The van der Waals surface area contributed by atoms with Gasteiger partial charge in [0.05, 0.1) is 6.61 Å². The van der Waals surface area contributed by atoms with Crippen LogP contribution in [0.1, 0.15) is 17.4 Å². The molecule has 7 heteroatoms. The number of nitrogens with one attached hydrogen (secondary N) is 1. The Bertz CT molecular complexity index is 368. The minimum atomic E-state index is -1.10. The molecular formula is C10H15N3O3S. The highest BCUT2D eigenvalue weighted by Gasteiger charge is 2.15. The van der Waals surface area contributed by atoms with Gasteiger partial charge in [-0.1, -0.05) is 0 Å². The number of thioether (sulfide) groups is 1. The van der Waals surface area contributed by atoms with Crippen molar-refractivity contribution >= 4 is 23.5 Å². The molecule has 0 saturated carbocycles. The first-order valence-electron chi connectivity index (χ1n) is 5.05. The average molecular weight is 257 g/mol. The fourth-order valence-corrected chi connectivity index (χ4v) is 1.91. The molecule has 0 aliphatic rings. The van der Waals surface area contributed by atoms with Crippen molar-refractivity contribution in [1.29, 1.82) is 0 Å². The quantitative estimate of drug-likeness (QED) is 0.690. The van der Waals surface area contributed by atoms with Gasteiger partial charge in [0.25, 0.3) is 0 Å². The highest BCUT2D eigenvalue weighted by Crippen LogP contribution is 2.14. The molecule has 1 rings (SSSR count). The van der Waals surface area contributed by atoms with Crippen molar-refractivity contribution in [2.24, 2.45) is 0 Å². The first-order valence-corrected chi connectivity index (χ1v) is 6.34. The number of anilines is 1. The number of aromatic nitrogens is 2. The molecule has 0 radical (unpaired) electrons. The highest BCUT2D eigenvalue weighted by molar-refractivity contribution is 7.99. The summed E-state index contributed by atoms with van der Waals surface area (Å²) in [6.07, 6.45) is 1.91. The van der Waals surface area contributed by atoms with Gasteiger partial charge in [0, 0.05) is 11.3 Å². The van der Waals surface area contributed by atoms with Crippen molar-refractivity contribution in [1.82, 2.24) is 10.2 Å². The molecule has 94 valence electrons. The van der Waals surface area contributed by atoms with Crippen LogP contribution in [0.25, 0.3) is 0 Å². The first kappa shape index (κ1) is 13.7. The number of aliphatic hydroxyl groups is 1. The fraction of sp³-hybridized carbons (Fsp3) is 0.500. The van der Waals surface area contributed by atoms with Gasteiger partial charge in [0.15, 0.2) is 5.69 Å². The maximum atomic E-state index is 10.6. The van der Waals surface area contributed by atoms with Crippen LogP contribution in [0.4, 0.5) is 5.82 Å². The van der Waals surface area contributed by atoms with E-state index in [0.717, 1.165) is 0 Å². The zero-order chi connectivity index (χ0) is 12.8. The van der Waals surface area contributed by atoms with Crippen molar-refractivity contribution < 1.29 is 15.0 Å². The minimum absolute atomic E-state index is 0.0139. The Kier molecular flexibility index (Phi) is 5.17. The highest BCUT2D eigenvalue weighted by atomic mass is 32.2. The number of hydrogen-bond donors (Lipinski definition) is 3. The lowest BCUT2D eigenvalue weighted by Gasteiger charge is -2.21. The van der Waals surface area contributed by atoms with Crippen molar-refractivity contribution in [2.45, 2.75) is 18.2 Å². The molecule has 0 fully saturated rings. The second-order valence-electron chi connectivity index (χ2n) is 3.50. The van der Waals surface area contributed by atoms with Gasteiger partial charge in [-0.15, -0.1) is 10.2 Å². The number of hydrogen-bond acceptors (Lipinski definition) is 6. The maximum Gasteiger partial charge on any atom is 0.356 e. The van der Waals surface area contributed by atoms with Crippen LogP contribution in [0.15, 0.2) is 12.1 Å². The van der Waals surface area contributed by atoms with Crippen LogP contribution in [0.3, 0.4) is 0 Å². The normalized spacial score (nSPS) is 14.1. The Labute approximate surface area is 103 Å². The summed E-state index contributed by atoms with van der Waals surface area (Å²) in [5, 5.41) is 28.2. The lowest BCUT2D eigenvalue weighted by molar-refractivity contribution is 0.0689.